The molecule has 3 N–H and O–H groups in total. The van der Waals surface area contributed by atoms with Crippen LogP contribution in [0, 0.1) is 0 Å². The summed E-state index contributed by atoms with van der Waals surface area (Å²) in [5, 5.41) is 22.5. The summed E-state index contributed by atoms with van der Waals surface area (Å²) in [6.07, 6.45) is 1.86. The van der Waals surface area contributed by atoms with Crippen LogP contribution in [-0.4, -0.2) is 45.2 Å². The summed E-state index contributed by atoms with van der Waals surface area (Å²) in [6, 6.07) is 0. The molecule has 0 aliphatic heterocycles. The number of aromatic nitrogens is 2. The normalized spacial score (nSPS) is 12.7. The van der Waals surface area contributed by atoms with Crippen molar-refractivity contribution in [2.45, 2.75) is 44.2 Å². The Morgan fingerprint density at radius 3 is 2.68 bits per heavy atom. The maximum absolute atomic E-state index is 9.43. The number of nitrogens with zero attached hydrogens (tertiary/aromatic N) is 2. The summed E-state index contributed by atoms with van der Waals surface area (Å²) < 4.78 is 0. The second-order valence-electron chi connectivity index (χ2n) is 4.67. The lowest BCUT2D eigenvalue weighted by Crippen LogP contribution is -2.15. The van der Waals surface area contributed by atoms with E-state index in [9.17, 15) is 5.11 Å². The Balaban J connectivity index is 2.89. The molecule has 0 aliphatic carbocycles. The molecule has 0 radical (unpaired) electrons. The minimum absolute atomic E-state index is 0.226. The fourth-order valence-electron chi connectivity index (χ4n) is 1.63. The maximum Gasteiger partial charge on any atom is 0.133 e. The van der Waals surface area contributed by atoms with Gasteiger partial charge in [-0.15, -0.1) is 11.8 Å². The molecule has 0 saturated heterocycles. The molecule has 1 heterocycles. The molecule has 5 nitrogen and oxygen atoms in total. The third-order valence-corrected chi connectivity index (χ3v) is 3.74. The molecule has 19 heavy (non-hydrogen) atoms. The summed E-state index contributed by atoms with van der Waals surface area (Å²) >= 11 is 1.45. The molecule has 6 heteroatoms. The Bertz CT molecular complexity index is 388. The summed E-state index contributed by atoms with van der Waals surface area (Å²) in [4.78, 5) is 8.59. The molecule has 0 bridgehead atoms. The molecular weight excluding hydrogens is 262 g/mol. The van der Waals surface area contributed by atoms with E-state index in [0.29, 0.717) is 11.7 Å². The average Bonchev–Trinajstić information content (AvgIpc) is 2.41. The largest absolute Gasteiger partial charge is 0.394 e. The lowest BCUT2D eigenvalue weighted by molar-refractivity contribution is 0.113. The van der Waals surface area contributed by atoms with Crippen molar-refractivity contribution in [3.8, 4) is 0 Å². The van der Waals surface area contributed by atoms with Crippen LogP contribution in [-0.2, 0) is 0 Å². The van der Waals surface area contributed by atoms with Crippen LogP contribution < -0.4 is 5.32 Å². The van der Waals surface area contributed by atoms with Crippen molar-refractivity contribution in [2.75, 3.05) is 24.2 Å². The van der Waals surface area contributed by atoms with Gasteiger partial charge in [0, 0.05) is 17.9 Å². The number of thioether (sulfide) groups is 1. The smallest absolute Gasteiger partial charge is 0.133 e. The highest BCUT2D eigenvalue weighted by atomic mass is 32.2. The predicted molar refractivity (Wildman–Crippen MR) is 78.7 cm³/mol. The first kappa shape index (κ1) is 16.2. The van der Waals surface area contributed by atoms with Crippen molar-refractivity contribution < 1.29 is 10.2 Å². The number of hydrogen-bond donors (Lipinski definition) is 3. The van der Waals surface area contributed by atoms with Gasteiger partial charge in [0.1, 0.15) is 17.2 Å². The molecule has 0 spiro atoms. The van der Waals surface area contributed by atoms with Crippen LogP contribution in [0.1, 0.15) is 38.7 Å². The Morgan fingerprint density at radius 2 is 2.11 bits per heavy atom. The minimum atomic E-state index is -0.716. The molecule has 0 aliphatic rings. The highest BCUT2D eigenvalue weighted by Gasteiger charge is 2.16. The molecule has 1 aromatic rings. The van der Waals surface area contributed by atoms with E-state index in [0.717, 1.165) is 29.4 Å². The van der Waals surface area contributed by atoms with E-state index < -0.39 is 6.10 Å². The second-order valence-corrected chi connectivity index (χ2v) is 5.68. The second kappa shape index (κ2) is 8.35. The first-order valence-corrected chi connectivity index (χ1v) is 7.59. The van der Waals surface area contributed by atoms with E-state index in [-0.39, 0.29) is 6.61 Å². The van der Waals surface area contributed by atoms with Crippen LogP contribution in [0.5, 0.6) is 0 Å². The standard InChI is InChI=1S/C13H23N3O2S/c1-4-5-14-12-11(9(2)3)13(16-8-15-12)19-7-10(18)6-17/h8-10,17-18H,4-7H2,1-3H3,(H,14,15,16). The van der Waals surface area contributed by atoms with Gasteiger partial charge in [-0.05, 0) is 12.3 Å². The quantitative estimate of drug-likeness (QED) is 0.500. The van der Waals surface area contributed by atoms with Crippen LogP contribution in [0.25, 0.3) is 0 Å². The van der Waals surface area contributed by atoms with Crippen LogP contribution in [0.4, 0.5) is 5.82 Å². The van der Waals surface area contributed by atoms with Crippen LogP contribution in [0.15, 0.2) is 11.4 Å². The van der Waals surface area contributed by atoms with E-state index in [4.69, 9.17) is 5.11 Å². The fourth-order valence-corrected chi connectivity index (χ4v) is 2.69. The first-order chi connectivity index (χ1) is 9.10. The number of aliphatic hydroxyl groups is 2. The zero-order chi connectivity index (χ0) is 14.3. The first-order valence-electron chi connectivity index (χ1n) is 6.60. The van der Waals surface area contributed by atoms with E-state index in [1.807, 2.05) is 0 Å². The fraction of sp³-hybridized carbons (Fsp3) is 0.692. The molecule has 108 valence electrons. The Kier molecular flexibility index (Phi) is 7.12. The van der Waals surface area contributed by atoms with Gasteiger partial charge < -0.3 is 15.5 Å². The lowest BCUT2D eigenvalue weighted by Gasteiger charge is -2.17. The van der Waals surface area contributed by atoms with E-state index in [2.05, 4.69) is 36.1 Å². The zero-order valence-electron chi connectivity index (χ0n) is 11.8. The van der Waals surface area contributed by atoms with Crippen molar-refractivity contribution in [2.24, 2.45) is 0 Å². The Labute approximate surface area is 118 Å². The van der Waals surface area contributed by atoms with Gasteiger partial charge in [0.25, 0.3) is 0 Å². The number of nitrogens with one attached hydrogen (secondary N) is 1. The minimum Gasteiger partial charge on any atom is -0.394 e. The van der Waals surface area contributed by atoms with Crippen LogP contribution >= 0.6 is 11.8 Å². The summed E-state index contributed by atoms with van der Waals surface area (Å²) in [6.45, 7) is 6.96. The number of anilines is 1. The molecule has 0 saturated carbocycles. The van der Waals surface area contributed by atoms with E-state index in [1.54, 1.807) is 0 Å². The average molecular weight is 285 g/mol. The van der Waals surface area contributed by atoms with Gasteiger partial charge in [-0.25, -0.2) is 9.97 Å². The highest BCUT2D eigenvalue weighted by molar-refractivity contribution is 7.99. The highest BCUT2D eigenvalue weighted by Crippen LogP contribution is 2.31. The monoisotopic (exact) mass is 285 g/mol. The Hall–Kier alpha value is -0.850. The van der Waals surface area contributed by atoms with Gasteiger partial charge in [-0.3, -0.25) is 0 Å². The summed E-state index contributed by atoms with van der Waals surface area (Å²) in [5.41, 5.74) is 1.08. The van der Waals surface area contributed by atoms with Crippen molar-refractivity contribution in [1.29, 1.82) is 0 Å². The third-order valence-electron chi connectivity index (χ3n) is 2.59. The maximum atomic E-state index is 9.43. The summed E-state index contributed by atoms with van der Waals surface area (Å²) in [7, 11) is 0. The van der Waals surface area contributed by atoms with Gasteiger partial charge in [-0.1, -0.05) is 20.8 Å². The molecule has 0 amide bonds. The van der Waals surface area contributed by atoms with Crippen molar-refractivity contribution in [3.63, 3.8) is 0 Å². The van der Waals surface area contributed by atoms with Gasteiger partial charge >= 0.3 is 0 Å². The van der Waals surface area contributed by atoms with Crippen molar-refractivity contribution in [1.82, 2.24) is 9.97 Å². The zero-order valence-corrected chi connectivity index (χ0v) is 12.6. The number of rotatable bonds is 8. The third kappa shape index (κ3) is 4.97. The molecule has 1 aromatic heterocycles. The van der Waals surface area contributed by atoms with Crippen LogP contribution in [0.2, 0.25) is 0 Å². The molecule has 0 fully saturated rings. The molecule has 1 rings (SSSR count). The van der Waals surface area contributed by atoms with Crippen LogP contribution in [0.3, 0.4) is 0 Å². The van der Waals surface area contributed by atoms with Crippen molar-refractivity contribution in [3.05, 3.63) is 11.9 Å². The summed E-state index contributed by atoms with van der Waals surface area (Å²) in [5.74, 6) is 1.60. The van der Waals surface area contributed by atoms with E-state index >= 15 is 0 Å². The van der Waals surface area contributed by atoms with Crippen molar-refractivity contribution >= 4 is 17.6 Å². The number of hydrogen-bond acceptors (Lipinski definition) is 6. The number of aliphatic hydroxyl groups excluding tert-OH is 2. The Morgan fingerprint density at radius 1 is 1.37 bits per heavy atom. The molecular formula is C13H23N3O2S. The van der Waals surface area contributed by atoms with Gasteiger partial charge in [0.15, 0.2) is 0 Å². The topological polar surface area (TPSA) is 78.3 Å². The molecule has 1 atom stereocenters. The van der Waals surface area contributed by atoms with Gasteiger partial charge in [0.05, 0.1) is 12.7 Å². The lowest BCUT2D eigenvalue weighted by atomic mass is 10.1. The SMILES string of the molecule is CCCNc1ncnc(SCC(O)CO)c1C(C)C. The van der Waals surface area contributed by atoms with E-state index in [1.165, 1.54) is 18.1 Å². The molecule has 1 unspecified atom stereocenters. The van der Waals surface area contributed by atoms with Gasteiger partial charge in [-0.2, -0.15) is 0 Å². The molecule has 0 aromatic carbocycles. The van der Waals surface area contributed by atoms with Gasteiger partial charge in [0.2, 0.25) is 0 Å². The predicted octanol–water partition coefficient (Wildman–Crippen LogP) is 1.87.